The lowest BCUT2D eigenvalue weighted by molar-refractivity contribution is -0.105. The normalized spacial score (nSPS) is 41.4. The lowest BCUT2D eigenvalue weighted by atomic mass is 9.70. The zero-order chi connectivity index (χ0) is 12.7. The number of hydrogen-bond donors (Lipinski definition) is 1. The molecule has 0 saturated heterocycles. The summed E-state index contributed by atoms with van der Waals surface area (Å²) in [4.78, 5) is 10.9. The predicted molar refractivity (Wildman–Crippen MR) is 68.6 cm³/mol. The van der Waals surface area contributed by atoms with Crippen molar-refractivity contribution in [3.05, 3.63) is 23.8 Å². The fraction of sp³-hybridized carbons (Fsp3) is 0.667. The Morgan fingerprint density at radius 1 is 1.59 bits per heavy atom. The summed E-state index contributed by atoms with van der Waals surface area (Å²) in [6, 6.07) is 0. The molecule has 3 unspecified atom stereocenters. The molecule has 0 aromatic heterocycles. The van der Waals surface area contributed by atoms with E-state index in [-0.39, 0.29) is 11.3 Å². The first-order valence-corrected chi connectivity index (χ1v) is 6.45. The molecule has 2 aliphatic rings. The Hall–Kier alpha value is -0.890. The Bertz CT molecular complexity index is 382. The van der Waals surface area contributed by atoms with E-state index in [1.165, 1.54) is 0 Å². The second-order valence-electron chi connectivity index (χ2n) is 6.05. The van der Waals surface area contributed by atoms with Gasteiger partial charge in [-0.15, -0.1) is 0 Å². The largest absolute Gasteiger partial charge is 0.385 e. The number of allylic oxidation sites excluding steroid dienone is 2. The number of rotatable bonds is 2. The van der Waals surface area contributed by atoms with Crippen molar-refractivity contribution < 1.29 is 9.90 Å². The summed E-state index contributed by atoms with van der Waals surface area (Å²) < 4.78 is 0. The van der Waals surface area contributed by atoms with Gasteiger partial charge in [0.2, 0.25) is 0 Å². The molecule has 0 aromatic carbocycles. The molecule has 0 heterocycles. The maximum atomic E-state index is 10.9. The van der Waals surface area contributed by atoms with Gasteiger partial charge in [-0.3, -0.25) is 4.79 Å². The number of carbonyl (C=O) groups excluding carboxylic acids is 1. The van der Waals surface area contributed by atoms with Crippen LogP contribution in [0, 0.1) is 11.3 Å². The first kappa shape index (κ1) is 12.6. The standard InChI is InChI=1S/C15H22O2/c1-11(2)15(17)9-8-14(3)7-6-12(10-16)4-5-13(14)15/h6,10,13,17H,1,4-5,7-9H2,2-3H3. The third-order valence-electron chi connectivity index (χ3n) is 4.94. The molecule has 2 heteroatoms. The summed E-state index contributed by atoms with van der Waals surface area (Å²) in [5, 5.41) is 10.8. The van der Waals surface area contributed by atoms with Gasteiger partial charge in [-0.05, 0) is 61.5 Å². The van der Waals surface area contributed by atoms with Crippen LogP contribution < -0.4 is 0 Å². The van der Waals surface area contributed by atoms with Crippen LogP contribution in [0.1, 0.15) is 46.0 Å². The number of fused-ring (bicyclic) bond motifs is 1. The van der Waals surface area contributed by atoms with Crippen LogP contribution in [0.4, 0.5) is 0 Å². The van der Waals surface area contributed by atoms with Crippen molar-refractivity contribution in [3.63, 3.8) is 0 Å². The minimum absolute atomic E-state index is 0.123. The third kappa shape index (κ3) is 1.89. The van der Waals surface area contributed by atoms with Gasteiger partial charge in [-0.25, -0.2) is 0 Å². The number of carbonyl (C=O) groups is 1. The lowest BCUT2D eigenvalue weighted by Crippen LogP contribution is -2.39. The minimum atomic E-state index is -0.721. The molecule has 0 bridgehead atoms. The Kier molecular flexibility index (Phi) is 3.03. The highest BCUT2D eigenvalue weighted by molar-refractivity contribution is 5.73. The van der Waals surface area contributed by atoms with Crippen molar-refractivity contribution in [3.8, 4) is 0 Å². The molecule has 2 nitrogen and oxygen atoms in total. The molecule has 0 amide bonds. The van der Waals surface area contributed by atoms with E-state index < -0.39 is 5.60 Å². The van der Waals surface area contributed by atoms with Crippen LogP contribution in [0.15, 0.2) is 23.8 Å². The van der Waals surface area contributed by atoms with E-state index in [0.717, 1.165) is 49.5 Å². The maximum Gasteiger partial charge on any atom is 0.145 e. The summed E-state index contributed by atoms with van der Waals surface area (Å²) in [6.07, 6.45) is 7.45. The highest BCUT2D eigenvalue weighted by Crippen LogP contribution is 2.56. The van der Waals surface area contributed by atoms with Gasteiger partial charge < -0.3 is 5.11 Å². The second kappa shape index (κ2) is 4.09. The Labute approximate surface area is 103 Å². The maximum absolute atomic E-state index is 10.9. The average Bonchev–Trinajstić information content (AvgIpc) is 2.46. The number of aldehydes is 1. The molecule has 0 spiro atoms. The van der Waals surface area contributed by atoms with E-state index in [1.807, 2.05) is 6.92 Å². The van der Waals surface area contributed by atoms with Crippen molar-refractivity contribution in [2.75, 3.05) is 0 Å². The number of hydrogen-bond acceptors (Lipinski definition) is 2. The van der Waals surface area contributed by atoms with E-state index >= 15 is 0 Å². The van der Waals surface area contributed by atoms with Gasteiger partial charge in [-0.2, -0.15) is 0 Å². The second-order valence-corrected chi connectivity index (χ2v) is 6.05. The van der Waals surface area contributed by atoms with Gasteiger partial charge in [0.25, 0.3) is 0 Å². The zero-order valence-electron chi connectivity index (χ0n) is 10.8. The molecule has 2 rings (SSSR count). The summed E-state index contributed by atoms with van der Waals surface area (Å²) in [7, 11) is 0. The average molecular weight is 234 g/mol. The molecule has 0 aromatic rings. The van der Waals surface area contributed by atoms with E-state index in [2.05, 4.69) is 19.6 Å². The first-order valence-electron chi connectivity index (χ1n) is 6.45. The zero-order valence-corrected chi connectivity index (χ0v) is 10.8. The molecule has 1 fully saturated rings. The molecule has 1 N–H and O–H groups in total. The minimum Gasteiger partial charge on any atom is -0.385 e. The monoisotopic (exact) mass is 234 g/mol. The molecule has 0 radical (unpaired) electrons. The van der Waals surface area contributed by atoms with Crippen LogP contribution in [-0.2, 0) is 4.79 Å². The Morgan fingerprint density at radius 2 is 2.29 bits per heavy atom. The molecular formula is C15H22O2. The fourth-order valence-electron chi connectivity index (χ4n) is 3.63. The van der Waals surface area contributed by atoms with E-state index in [0.29, 0.717) is 0 Å². The topological polar surface area (TPSA) is 37.3 Å². The van der Waals surface area contributed by atoms with E-state index in [1.54, 1.807) is 0 Å². The van der Waals surface area contributed by atoms with Crippen molar-refractivity contribution >= 4 is 6.29 Å². The van der Waals surface area contributed by atoms with Crippen LogP contribution in [-0.4, -0.2) is 17.0 Å². The highest BCUT2D eigenvalue weighted by Gasteiger charge is 2.53. The summed E-state index contributed by atoms with van der Waals surface area (Å²) in [5.41, 5.74) is 1.17. The van der Waals surface area contributed by atoms with Gasteiger partial charge >= 0.3 is 0 Å². The van der Waals surface area contributed by atoms with Crippen LogP contribution in [0.2, 0.25) is 0 Å². The fourth-order valence-corrected chi connectivity index (χ4v) is 3.63. The van der Waals surface area contributed by atoms with Gasteiger partial charge in [-0.1, -0.05) is 19.6 Å². The van der Waals surface area contributed by atoms with E-state index in [4.69, 9.17) is 0 Å². The Morgan fingerprint density at radius 3 is 2.88 bits per heavy atom. The van der Waals surface area contributed by atoms with Gasteiger partial charge in [0.15, 0.2) is 0 Å². The van der Waals surface area contributed by atoms with Crippen LogP contribution in [0.5, 0.6) is 0 Å². The SMILES string of the molecule is C=C(C)C1(O)CCC2(C)CC=C(C=O)CCC21. The molecule has 3 atom stereocenters. The van der Waals surface area contributed by atoms with Gasteiger partial charge in [0.05, 0.1) is 5.60 Å². The summed E-state index contributed by atoms with van der Waals surface area (Å²) >= 11 is 0. The summed E-state index contributed by atoms with van der Waals surface area (Å²) in [6.45, 7) is 8.12. The van der Waals surface area contributed by atoms with Crippen LogP contribution in [0.25, 0.3) is 0 Å². The van der Waals surface area contributed by atoms with Crippen LogP contribution in [0.3, 0.4) is 0 Å². The van der Waals surface area contributed by atoms with Crippen molar-refractivity contribution in [2.45, 2.75) is 51.6 Å². The highest BCUT2D eigenvalue weighted by atomic mass is 16.3. The molecule has 1 saturated carbocycles. The molecular weight excluding hydrogens is 212 g/mol. The van der Waals surface area contributed by atoms with Gasteiger partial charge in [0, 0.05) is 0 Å². The number of aliphatic hydroxyl groups is 1. The van der Waals surface area contributed by atoms with Crippen LogP contribution >= 0.6 is 0 Å². The van der Waals surface area contributed by atoms with Crippen molar-refractivity contribution in [2.24, 2.45) is 11.3 Å². The molecule has 2 aliphatic carbocycles. The Balaban J connectivity index is 2.31. The van der Waals surface area contributed by atoms with Crippen molar-refractivity contribution in [1.82, 2.24) is 0 Å². The van der Waals surface area contributed by atoms with Crippen molar-refractivity contribution in [1.29, 1.82) is 0 Å². The smallest absolute Gasteiger partial charge is 0.145 e. The van der Waals surface area contributed by atoms with Gasteiger partial charge in [0.1, 0.15) is 6.29 Å². The quantitative estimate of drug-likeness (QED) is 0.589. The molecule has 0 aliphatic heterocycles. The predicted octanol–water partition coefficient (Wildman–Crippen LogP) is 3.02. The third-order valence-corrected chi connectivity index (χ3v) is 4.94. The lowest BCUT2D eigenvalue weighted by Gasteiger charge is -2.38. The summed E-state index contributed by atoms with van der Waals surface area (Å²) in [5.74, 6) is 0.237. The van der Waals surface area contributed by atoms with E-state index in [9.17, 15) is 9.90 Å². The molecule has 17 heavy (non-hydrogen) atoms. The molecule has 94 valence electrons. The first-order chi connectivity index (χ1) is 7.92.